The summed E-state index contributed by atoms with van der Waals surface area (Å²) >= 11 is 6.37. The Morgan fingerprint density at radius 3 is 2.74 bits per heavy atom. The fraction of sp³-hybridized carbons (Fsp3) is 0.0588. The third kappa shape index (κ3) is 2.01. The molecule has 2 heterocycles. The maximum absolute atomic E-state index is 12.5. The largest absolute Gasteiger partial charge is 0.463 e. The maximum atomic E-state index is 12.5. The van der Waals surface area contributed by atoms with E-state index in [0.29, 0.717) is 21.9 Å². The summed E-state index contributed by atoms with van der Waals surface area (Å²) in [7, 11) is 1.72. The molecule has 4 rings (SSSR count). The van der Waals surface area contributed by atoms with Crippen molar-refractivity contribution in [1.82, 2.24) is 9.55 Å². The van der Waals surface area contributed by atoms with Gasteiger partial charge in [-0.1, -0.05) is 29.8 Å². The zero-order valence-corrected chi connectivity index (χ0v) is 13.0. The number of fused-ring (bicyclic) bond motifs is 3. The van der Waals surface area contributed by atoms with Crippen LogP contribution in [0.25, 0.3) is 27.6 Å². The molecule has 0 saturated heterocycles. The Balaban J connectivity index is 2.26. The highest BCUT2D eigenvalue weighted by molar-refractivity contribution is 6.37. The Hall–Kier alpha value is -2.79. The molecule has 0 aliphatic rings. The molecule has 4 aromatic rings. The van der Waals surface area contributed by atoms with E-state index in [1.54, 1.807) is 25.4 Å². The number of rotatable bonds is 2. The lowest BCUT2D eigenvalue weighted by molar-refractivity contribution is 0.619. The van der Waals surface area contributed by atoms with Gasteiger partial charge in [0.1, 0.15) is 11.4 Å². The van der Waals surface area contributed by atoms with Crippen molar-refractivity contribution in [3.63, 3.8) is 0 Å². The highest BCUT2D eigenvalue weighted by Gasteiger charge is 2.17. The highest BCUT2D eigenvalue weighted by atomic mass is 35.5. The third-order valence-electron chi connectivity index (χ3n) is 3.80. The number of hydrogen-bond acceptors (Lipinski definition) is 4. The summed E-state index contributed by atoms with van der Waals surface area (Å²) in [6.45, 7) is 0. The van der Waals surface area contributed by atoms with E-state index in [0.717, 1.165) is 16.5 Å². The fourth-order valence-corrected chi connectivity index (χ4v) is 3.05. The first-order valence-electron chi connectivity index (χ1n) is 7.06. The van der Waals surface area contributed by atoms with Gasteiger partial charge in [-0.05, 0) is 24.3 Å². The first-order chi connectivity index (χ1) is 11.2. The Morgan fingerprint density at radius 2 is 2.00 bits per heavy atom. The second-order valence-electron chi connectivity index (χ2n) is 5.08. The van der Waals surface area contributed by atoms with Crippen LogP contribution in [-0.2, 0) is 0 Å². The van der Waals surface area contributed by atoms with Crippen LogP contribution in [0.15, 0.2) is 57.9 Å². The monoisotopic (exact) mass is 325 g/mol. The lowest BCUT2D eigenvalue weighted by atomic mass is 10.1. The maximum Gasteiger partial charge on any atom is 0.354 e. The summed E-state index contributed by atoms with van der Waals surface area (Å²) < 4.78 is 7.14. The summed E-state index contributed by atoms with van der Waals surface area (Å²) in [6, 6.07) is 12.9. The van der Waals surface area contributed by atoms with Crippen LogP contribution in [0.5, 0.6) is 0 Å². The lowest BCUT2D eigenvalue weighted by Crippen LogP contribution is -2.23. The Morgan fingerprint density at radius 1 is 1.22 bits per heavy atom. The number of para-hydroxylation sites is 1. The fourth-order valence-electron chi connectivity index (χ4n) is 2.79. The molecule has 23 heavy (non-hydrogen) atoms. The quantitative estimate of drug-likeness (QED) is 0.608. The van der Waals surface area contributed by atoms with E-state index in [1.165, 1.54) is 4.57 Å². The average Bonchev–Trinajstić information content (AvgIpc) is 3.05. The summed E-state index contributed by atoms with van der Waals surface area (Å²) in [5.41, 5.74) is 1.59. The van der Waals surface area contributed by atoms with Crippen molar-refractivity contribution in [2.24, 2.45) is 0 Å². The molecule has 0 saturated carbocycles. The molecular formula is C17H12ClN3O2. The van der Waals surface area contributed by atoms with Crippen LogP contribution in [0.1, 0.15) is 0 Å². The zero-order valence-electron chi connectivity index (χ0n) is 12.2. The van der Waals surface area contributed by atoms with Crippen LogP contribution < -0.4 is 11.0 Å². The van der Waals surface area contributed by atoms with Gasteiger partial charge in [0.25, 0.3) is 0 Å². The van der Waals surface area contributed by atoms with Crippen molar-refractivity contribution in [2.75, 3.05) is 12.4 Å². The van der Waals surface area contributed by atoms with Gasteiger partial charge in [0.2, 0.25) is 0 Å². The number of halogens is 1. The second kappa shape index (κ2) is 5.14. The third-order valence-corrected chi connectivity index (χ3v) is 4.11. The van der Waals surface area contributed by atoms with Gasteiger partial charge in [-0.3, -0.25) is 4.57 Å². The molecule has 1 N–H and O–H groups in total. The van der Waals surface area contributed by atoms with E-state index in [9.17, 15) is 4.79 Å². The number of benzene rings is 2. The summed E-state index contributed by atoms with van der Waals surface area (Å²) in [6.07, 6.45) is 1.58. The lowest BCUT2D eigenvalue weighted by Gasteiger charge is -2.13. The number of anilines is 1. The van der Waals surface area contributed by atoms with Gasteiger partial charge in [-0.2, -0.15) is 4.98 Å². The minimum Gasteiger partial charge on any atom is -0.463 e. The molecule has 0 radical (unpaired) electrons. The average molecular weight is 326 g/mol. The van der Waals surface area contributed by atoms with Crippen LogP contribution in [0, 0.1) is 0 Å². The van der Waals surface area contributed by atoms with Crippen molar-refractivity contribution >= 4 is 39.3 Å². The SMILES string of the molecule is CNc1nc(=O)n(-c2ccccc2)c2cc(Cl)c3ccoc3c12. The molecule has 5 nitrogen and oxygen atoms in total. The summed E-state index contributed by atoms with van der Waals surface area (Å²) in [5.74, 6) is 0.466. The smallest absolute Gasteiger partial charge is 0.354 e. The molecule has 0 unspecified atom stereocenters. The minimum atomic E-state index is -0.380. The number of nitrogens with zero attached hydrogens (tertiary/aromatic N) is 2. The van der Waals surface area contributed by atoms with Gasteiger partial charge in [-0.25, -0.2) is 4.79 Å². The number of furan rings is 1. The second-order valence-corrected chi connectivity index (χ2v) is 5.49. The van der Waals surface area contributed by atoms with Gasteiger partial charge >= 0.3 is 5.69 Å². The number of hydrogen-bond donors (Lipinski definition) is 1. The molecule has 0 spiro atoms. The molecule has 0 fully saturated rings. The molecule has 0 bridgehead atoms. The minimum absolute atomic E-state index is 0.380. The molecule has 0 aliphatic heterocycles. The van der Waals surface area contributed by atoms with Crippen molar-refractivity contribution in [3.8, 4) is 5.69 Å². The van der Waals surface area contributed by atoms with Gasteiger partial charge in [0.05, 0.1) is 27.9 Å². The highest BCUT2D eigenvalue weighted by Crippen LogP contribution is 2.35. The Kier molecular flexibility index (Phi) is 3.09. The molecule has 0 amide bonds. The van der Waals surface area contributed by atoms with Crippen LogP contribution >= 0.6 is 11.6 Å². The van der Waals surface area contributed by atoms with E-state index in [-0.39, 0.29) is 5.69 Å². The summed E-state index contributed by atoms with van der Waals surface area (Å²) in [4.78, 5) is 16.7. The van der Waals surface area contributed by atoms with Crippen molar-refractivity contribution < 1.29 is 4.42 Å². The van der Waals surface area contributed by atoms with E-state index in [1.807, 2.05) is 30.3 Å². The first-order valence-corrected chi connectivity index (χ1v) is 7.44. The molecule has 2 aromatic heterocycles. The molecule has 0 atom stereocenters. The van der Waals surface area contributed by atoms with Crippen LogP contribution in [-0.4, -0.2) is 16.6 Å². The van der Waals surface area contributed by atoms with Crippen LogP contribution in [0.3, 0.4) is 0 Å². The molecule has 2 aromatic carbocycles. The standard InChI is InChI=1S/C17H12ClN3O2/c1-19-16-14-13(9-12(18)11-7-8-23-15(11)14)21(17(22)20-16)10-5-3-2-4-6-10/h2-9H,1H3,(H,19,20,22). The Bertz CT molecular complexity index is 1080. The topological polar surface area (TPSA) is 60.1 Å². The van der Waals surface area contributed by atoms with Crippen molar-refractivity contribution in [1.29, 1.82) is 0 Å². The van der Waals surface area contributed by atoms with Gasteiger partial charge in [0, 0.05) is 12.4 Å². The first kappa shape index (κ1) is 13.8. The zero-order chi connectivity index (χ0) is 16.0. The normalized spacial score (nSPS) is 11.2. The molecule has 114 valence electrons. The van der Waals surface area contributed by atoms with Crippen LogP contribution in [0.2, 0.25) is 5.02 Å². The number of nitrogens with one attached hydrogen (secondary N) is 1. The van der Waals surface area contributed by atoms with Gasteiger partial charge in [-0.15, -0.1) is 0 Å². The predicted molar refractivity (Wildman–Crippen MR) is 91.7 cm³/mol. The molecule has 6 heteroatoms. The molecular weight excluding hydrogens is 314 g/mol. The molecule has 0 aliphatic carbocycles. The van der Waals surface area contributed by atoms with E-state index >= 15 is 0 Å². The van der Waals surface area contributed by atoms with Crippen molar-refractivity contribution in [3.05, 3.63) is 64.2 Å². The van der Waals surface area contributed by atoms with E-state index in [4.69, 9.17) is 16.0 Å². The van der Waals surface area contributed by atoms with Gasteiger partial charge < -0.3 is 9.73 Å². The van der Waals surface area contributed by atoms with Gasteiger partial charge in [0.15, 0.2) is 0 Å². The predicted octanol–water partition coefficient (Wildman–Crippen LogP) is 3.83. The van der Waals surface area contributed by atoms with Crippen molar-refractivity contribution in [2.45, 2.75) is 0 Å². The van der Waals surface area contributed by atoms with E-state index in [2.05, 4.69) is 10.3 Å². The summed E-state index contributed by atoms with van der Waals surface area (Å²) in [5, 5.41) is 5.00. The van der Waals surface area contributed by atoms with Crippen LogP contribution in [0.4, 0.5) is 5.82 Å². The number of aromatic nitrogens is 2. The Labute approximate surface area is 136 Å². The van der Waals surface area contributed by atoms with E-state index < -0.39 is 0 Å².